The lowest BCUT2D eigenvalue weighted by Crippen LogP contribution is -2.47. The Morgan fingerprint density at radius 3 is 2.24 bits per heavy atom. The second-order valence-electron chi connectivity index (χ2n) is 12.9. The van der Waals surface area contributed by atoms with E-state index in [2.05, 4.69) is 48.9 Å². The summed E-state index contributed by atoms with van der Waals surface area (Å²) in [5.74, 6) is 1.54. The van der Waals surface area contributed by atoms with Crippen LogP contribution >= 0.6 is 0 Å². The largest absolute Gasteiger partial charge is 0.444 e. The molecule has 2 aliphatic rings. The molecule has 236 valence electrons. The van der Waals surface area contributed by atoms with Crippen molar-refractivity contribution in [2.24, 2.45) is 0 Å². The number of carbonyl (C=O) groups excluding carboxylic acids is 1. The van der Waals surface area contributed by atoms with Crippen molar-refractivity contribution in [1.29, 1.82) is 0 Å². The number of benzene rings is 1. The molecule has 1 fully saturated rings. The Kier molecular flexibility index (Phi) is 8.22. The molecule has 0 bridgehead atoms. The molecule has 1 atom stereocenters. The van der Waals surface area contributed by atoms with Crippen molar-refractivity contribution >= 4 is 28.9 Å². The number of rotatable bonds is 6. The molecule has 1 amide bonds. The molecule has 1 unspecified atom stereocenters. The smallest absolute Gasteiger partial charge is 0.410 e. The number of hydrogen-bond donors (Lipinski definition) is 1. The molecule has 2 aliphatic heterocycles. The minimum Gasteiger partial charge on any atom is -0.444 e. The summed E-state index contributed by atoms with van der Waals surface area (Å²) in [5.41, 5.74) is 4.25. The molecule has 11 nitrogen and oxygen atoms in total. The number of piperazine rings is 1. The molecular formula is C34H42N8O3. The van der Waals surface area contributed by atoms with Crippen molar-refractivity contribution in [2.45, 2.75) is 58.7 Å². The number of amides is 1. The van der Waals surface area contributed by atoms with Crippen LogP contribution in [0.25, 0.3) is 11.1 Å². The highest BCUT2D eigenvalue weighted by atomic mass is 16.6. The Bertz CT molecular complexity index is 1680. The third-order valence-electron chi connectivity index (χ3n) is 8.60. The standard InChI is InChI=1S/C34H42N8O3/c1-6-24-7-9-27(10-8-24)34(5,44)28-20-35-31(36-21-28)40-17-15-39(16-18-40)30-29-19-26(22-42(29)38-23-37-30)25-11-13-41(14-12-25)32(43)45-33(2,3)4/h7-11,19-23,44H,6,12-18H2,1-5H3. The monoisotopic (exact) mass is 610 g/mol. The number of carbonyl (C=O) groups is 1. The minimum absolute atomic E-state index is 0.280. The first-order chi connectivity index (χ1) is 21.5. The summed E-state index contributed by atoms with van der Waals surface area (Å²) in [5, 5.41) is 15.8. The van der Waals surface area contributed by atoms with Gasteiger partial charge in [0.05, 0.1) is 0 Å². The van der Waals surface area contributed by atoms with E-state index in [1.54, 1.807) is 30.5 Å². The SMILES string of the molecule is CCc1ccc(C(C)(O)c2cnc(N3CCN(c4ncnn5cc(C6=CCN(C(=O)OC(C)(C)C)CC6)cc45)CC3)nc2)cc1. The molecule has 1 aromatic carbocycles. The van der Waals surface area contributed by atoms with Crippen molar-refractivity contribution in [3.05, 3.63) is 83.6 Å². The van der Waals surface area contributed by atoms with Crippen molar-refractivity contribution in [3.8, 4) is 0 Å². The second kappa shape index (κ2) is 12.1. The Hall–Kier alpha value is -4.51. The van der Waals surface area contributed by atoms with Crippen LogP contribution in [0.5, 0.6) is 0 Å². The highest BCUT2D eigenvalue weighted by Gasteiger charge is 2.28. The van der Waals surface area contributed by atoms with Gasteiger partial charge in [0.1, 0.15) is 23.0 Å². The number of aromatic nitrogens is 5. The van der Waals surface area contributed by atoms with Gasteiger partial charge in [0.15, 0.2) is 5.82 Å². The molecule has 0 radical (unpaired) electrons. The fraction of sp³-hybridized carbons (Fsp3) is 0.441. The van der Waals surface area contributed by atoms with Crippen LogP contribution in [0.2, 0.25) is 0 Å². The van der Waals surface area contributed by atoms with Crippen LogP contribution < -0.4 is 9.80 Å². The van der Waals surface area contributed by atoms with E-state index < -0.39 is 11.2 Å². The zero-order valence-electron chi connectivity index (χ0n) is 26.8. The van der Waals surface area contributed by atoms with Gasteiger partial charge in [-0.2, -0.15) is 5.10 Å². The van der Waals surface area contributed by atoms with Crippen LogP contribution in [0.1, 0.15) is 63.3 Å². The number of aliphatic hydroxyl groups is 1. The van der Waals surface area contributed by atoms with Crippen molar-refractivity contribution < 1.29 is 14.6 Å². The highest BCUT2D eigenvalue weighted by molar-refractivity contribution is 5.78. The van der Waals surface area contributed by atoms with E-state index in [0.29, 0.717) is 24.6 Å². The van der Waals surface area contributed by atoms with Crippen LogP contribution in [0.3, 0.4) is 0 Å². The Balaban J connectivity index is 1.10. The fourth-order valence-corrected chi connectivity index (χ4v) is 5.85. The first-order valence-electron chi connectivity index (χ1n) is 15.7. The van der Waals surface area contributed by atoms with E-state index in [9.17, 15) is 9.90 Å². The van der Waals surface area contributed by atoms with Gasteiger partial charge in [-0.1, -0.05) is 37.3 Å². The Morgan fingerprint density at radius 2 is 1.62 bits per heavy atom. The summed E-state index contributed by atoms with van der Waals surface area (Å²) >= 11 is 0. The Labute approximate surface area is 264 Å². The first kappa shape index (κ1) is 30.5. The van der Waals surface area contributed by atoms with Crippen molar-refractivity contribution in [3.63, 3.8) is 0 Å². The molecule has 0 spiro atoms. The van der Waals surface area contributed by atoms with Gasteiger partial charge in [0.25, 0.3) is 0 Å². The molecular weight excluding hydrogens is 568 g/mol. The maximum Gasteiger partial charge on any atom is 0.410 e. The molecule has 0 saturated carbocycles. The third kappa shape index (κ3) is 6.49. The first-order valence-corrected chi connectivity index (χ1v) is 15.7. The van der Waals surface area contributed by atoms with Gasteiger partial charge in [-0.3, -0.25) is 0 Å². The fourth-order valence-electron chi connectivity index (χ4n) is 5.85. The average molecular weight is 611 g/mol. The highest BCUT2D eigenvalue weighted by Crippen LogP contribution is 2.31. The van der Waals surface area contributed by atoms with E-state index in [0.717, 1.165) is 61.5 Å². The number of nitrogens with zero attached hydrogens (tertiary/aromatic N) is 8. The summed E-state index contributed by atoms with van der Waals surface area (Å²) in [7, 11) is 0. The number of fused-ring (bicyclic) bond motifs is 1. The number of anilines is 2. The molecule has 1 saturated heterocycles. The van der Waals surface area contributed by atoms with Crippen LogP contribution in [0, 0.1) is 0 Å². The topological polar surface area (TPSA) is 112 Å². The van der Waals surface area contributed by atoms with Gasteiger partial charge in [-0.05, 0) is 68.9 Å². The molecule has 5 heterocycles. The summed E-state index contributed by atoms with van der Waals surface area (Å²) in [4.78, 5) is 32.6. The van der Waals surface area contributed by atoms with Gasteiger partial charge in [-0.25, -0.2) is 24.3 Å². The summed E-state index contributed by atoms with van der Waals surface area (Å²) in [6.07, 6.45) is 10.6. The van der Waals surface area contributed by atoms with Gasteiger partial charge in [0, 0.05) is 63.4 Å². The summed E-state index contributed by atoms with van der Waals surface area (Å²) in [6.45, 7) is 13.7. The molecule has 1 N–H and O–H groups in total. The molecule has 6 rings (SSSR count). The van der Waals surface area contributed by atoms with E-state index in [1.807, 2.05) is 55.7 Å². The van der Waals surface area contributed by atoms with Crippen molar-refractivity contribution in [1.82, 2.24) is 29.5 Å². The summed E-state index contributed by atoms with van der Waals surface area (Å²) < 4.78 is 7.42. The van der Waals surface area contributed by atoms with Crippen molar-refractivity contribution in [2.75, 3.05) is 49.1 Å². The zero-order chi connectivity index (χ0) is 31.8. The number of aryl methyl sites for hydroxylation is 1. The third-order valence-corrected chi connectivity index (χ3v) is 8.60. The van der Waals surface area contributed by atoms with Crippen LogP contribution in [0.4, 0.5) is 16.6 Å². The number of hydrogen-bond acceptors (Lipinski definition) is 9. The molecule has 45 heavy (non-hydrogen) atoms. The lowest BCUT2D eigenvalue weighted by Gasteiger charge is -2.35. The molecule has 3 aromatic heterocycles. The average Bonchev–Trinajstić information content (AvgIpc) is 3.49. The lowest BCUT2D eigenvalue weighted by atomic mass is 9.89. The van der Waals surface area contributed by atoms with Gasteiger partial charge >= 0.3 is 6.09 Å². The zero-order valence-corrected chi connectivity index (χ0v) is 26.8. The van der Waals surface area contributed by atoms with Crippen LogP contribution in [-0.2, 0) is 16.8 Å². The van der Waals surface area contributed by atoms with Crippen LogP contribution in [-0.4, -0.2) is 85.5 Å². The Morgan fingerprint density at radius 1 is 0.933 bits per heavy atom. The lowest BCUT2D eigenvalue weighted by molar-refractivity contribution is 0.0270. The molecule has 0 aliphatic carbocycles. The minimum atomic E-state index is -1.18. The number of ether oxygens (including phenoxy) is 1. The van der Waals surface area contributed by atoms with Gasteiger partial charge < -0.3 is 24.5 Å². The maximum atomic E-state index is 12.5. The van der Waals surface area contributed by atoms with E-state index in [4.69, 9.17) is 4.74 Å². The molecule has 11 heteroatoms. The predicted molar refractivity (Wildman–Crippen MR) is 174 cm³/mol. The maximum absolute atomic E-state index is 12.5. The normalized spacial score (nSPS) is 17.3. The predicted octanol–water partition coefficient (Wildman–Crippen LogP) is 4.69. The van der Waals surface area contributed by atoms with Crippen LogP contribution in [0.15, 0.2) is 61.3 Å². The van der Waals surface area contributed by atoms with E-state index in [-0.39, 0.29) is 6.09 Å². The van der Waals surface area contributed by atoms with E-state index in [1.165, 1.54) is 11.1 Å². The van der Waals surface area contributed by atoms with Gasteiger partial charge in [0.2, 0.25) is 5.95 Å². The second-order valence-corrected chi connectivity index (χ2v) is 12.9. The molecule has 4 aromatic rings. The van der Waals surface area contributed by atoms with Gasteiger partial charge in [-0.15, -0.1) is 0 Å². The quantitative estimate of drug-likeness (QED) is 0.332. The van der Waals surface area contributed by atoms with E-state index >= 15 is 0 Å². The summed E-state index contributed by atoms with van der Waals surface area (Å²) in [6, 6.07) is 10.2.